The van der Waals surface area contributed by atoms with Gasteiger partial charge in [0.15, 0.2) is 0 Å². The highest BCUT2D eigenvalue weighted by molar-refractivity contribution is 7.98. The predicted octanol–water partition coefficient (Wildman–Crippen LogP) is 3.24. The molecule has 114 valence electrons. The summed E-state index contributed by atoms with van der Waals surface area (Å²) in [5.74, 6) is 1.18. The molecule has 20 heavy (non-hydrogen) atoms. The van der Waals surface area contributed by atoms with E-state index in [0.717, 1.165) is 19.6 Å². The highest BCUT2D eigenvalue weighted by Gasteiger charge is 2.28. The highest BCUT2D eigenvalue weighted by Crippen LogP contribution is 2.25. The van der Waals surface area contributed by atoms with E-state index in [1.54, 1.807) is 0 Å². The van der Waals surface area contributed by atoms with Crippen LogP contribution in [0.25, 0.3) is 0 Å². The van der Waals surface area contributed by atoms with Gasteiger partial charge in [-0.3, -0.25) is 0 Å². The summed E-state index contributed by atoms with van der Waals surface area (Å²) in [6, 6.07) is 11.5. The minimum atomic E-state index is 0.151. The number of hydrogen-bond donors (Lipinski definition) is 1. The zero-order valence-corrected chi connectivity index (χ0v) is 14.5. The fourth-order valence-electron chi connectivity index (χ4n) is 2.57. The first-order valence-electron chi connectivity index (χ1n) is 7.49. The first kappa shape index (κ1) is 17.5. The number of likely N-dealkylation sites (N-methyl/N-ethyl adjacent to an activating group) is 2. The molecule has 2 atom stereocenters. The lowest BCUT2D eigenvalue weighted by atomic mass is 9.81. The van der Waals surface area contributed by atoms with Crippen molar-refractivity contribution in [3.8, 4) is 0 Å². The zero-order valence-electron chi connectivity index (χ0n) is 13.6. The fraction of sp³-hybridized carbons (Fsp3) is 0.647. The smallest absolute Gasteiger partial charge is 0.0177 e. The van der Waals surface area contributed by atoms with E-state index in [0.29, 0.717) is 6.04 Å². The molecule has 0 saturated heterocycles. The van der Waals surface area contributed by atoms with E-state index in [2.05, 4.69) is 74.6 Å². The number of benzene rings is 1. The molecule has 1 N–H and O–H groups in total. The monoisotopic (exact) mass is 294 g/mol. The Morgan fingerprint density at radius 3 is 2.50 bits per heavy atom. The molecule has 2 nitrogen and oxygen atoms in total. The van der Waals surface area contributed by atoms with Crippen LogP contribution < -0.4 is 5.32 Å². The van der Waals surface area contributed by atoms with Crippen molar-refractivity contribution in [3.63, 3.8) is 0 Å². The molecule has 0 aliphatic heterocycles. The molecular formula is C17H30N2S. The van der Waals surface area contributed by atoms with E-state index in [4.69, 9.17) is 0 Å². The van der Waals surface area contributed by atoms with Gasteiger partial charge in [-0.1, -0.05) is 44.2 Å². The second-order valence-electron chi connectivity index (χ2n) is 5.93. The molecule has 0 heterocycles. The van der Waals surface area contributed by atoms with Gasteiger partial charge in [0.05, 0.1) is 0 Å². The largest absolute Gasteiger partial charge is 0.316 e. The topological polar surface area (TPSA) is 15.3 Å². The maximum Gasteiger partial charge on any atom is 0.0177 e. The Labute approximate surface area is 129 Å². The van der Waals surface area contributed by atoms with Gasteiger partial charge < -0.3 is 10.2 Å². The summed E-state index contributed by atoms with van der Waals surface area (Å²) in [7, 11) is 2.24. The fourth-order valence-corrected chi connectivity index (χ4v) is 3.30. The van der Waals surface area contributed by atoms with Crippen molar-refractivity contribution in [2.75, 3.05) is 38.7 Å². The maximum atomic E-state index is 3.53. The Kier molecular flexibility index (Phi) is 7.63. The quantitative estimate of drug-likeness (QED) is 0.753. The average molecular weight is 295 g/mol. The second kappa shape index (κ2) is 8.71. The SMILES string of the molecule is CCNCC(C)(CN(C)C(C)CSC)c1ccccc1. The summed E-state index contributed by atoms with van der Waals surface area (Å²) >= 11 is 1.92. The van der Waals surface area contributed by atoms with Gasteiger partial charge in [-0.15, -0.1) is 0 Å². The van der Waals surface area contributed by atoms with Crippen molar-refractivity contribution in [2.24, 2.45) is 0 Å². The summed E-state index contributed by atoms with van der Waals surface area (Å²) in [6.07, 6.45) is 2.18. The van der Waals surface area contributed by atoms with Crippen molar-refractivity contribution in [3.05, 3.63) is 35.9 Å². The summed E-state index contributed by atoms with van der Waals surface area (Å²) in [6.45, 7) is 9.97. The van der Waals surface area contributed by atoms with Crippen LogP contribution in [-0.2, 0) is 5.41 Å². The van der Waals surface area contributed by atoms with Crippen LogP contribution in [0.5, 0.6) is 0 Å². The molecule has 0 fully saturated rings. The van der Waals surface area contributed by atoms with Crippen molar-refractivity contribution in [2.45, 2.75) is 32.2 Å². The van der Waals surface area contributed by atoms with Crippen LogP contribution in [0.15, 0.2) is 30.3 Å². The standard InChI is InChI=1S/C17H30N2S/c1-6-18-13-17(3,16-10-8-7-9-11-16)14-19(4)15(2)12-20-5/h7-11,15,18H,6,12-14H2,1-5H3. The predicted molar refractivity (Wildman–Crippen MR) is 92.8 cm³/mol. The lowest BCUT2D eigenvalue weighted by molar-refractivity contribution is 0.213. The molecule has 0 aliphatic rings. The molecular weight excluding hydrogens is 264 g/mol. The minimum Gasteiger partial charge on any atom is -0.316 e. The van der Waals surface area contributed by atoms with Crippen molar-refractivity contribution >= 4 is 11.8 Å². The minimum absolute atomic E-state index is 0.151. The van der Waals surface area contributed by atoms with Gasteiger partial charge in [0.1, 0.15) is 0 Å². The summed E-state index contributed by atoms with van der Waals surface area (Å²) in [5, 5.41) is 3.53. The van der Waals surface area contributed by atoms with Crippen LogP contribution in [0.4, 0.5) is 0 Å². The van der Waals surface area contributed by atoms with E-state index < -0.39 is 0 Å². The Balaban J connectivity index is 2.83. The molecule has 1 aromatic rings. The first-order chi connectivity index (χ1) is 9.53. The number of nitrogens with one attached hydrogen (secondary N) is 1. The Bertz CT molecular complexity index is 369. The Hall–Kier alpha value is -0.510. The van der Waals surface area contributed by atoms with E-state index in [-0.39, 0.29) is 5.41 Å². The lowest BCUT2D eigenvalue weighted by Gasteiger charge is -2.37. The molecule has 0 bridgehead atoms. The van der Waals surface area contributed by atoms with Gasteiger partial charge >= 0.3 is 0 Å². The number of nitrogens with zero attached hydrogens (tertiary/aromatic N) is 1. The van der Waals surface area contributed by atoms with Gasteiger partial charge in [-0.05, 0) is 32.3 Å². The van der Waals surface area contributed by atoms with E-state index in [1.807, 2.05) is 11.8 Å². The van der Waals surface area contributed by atoms with Crippen molar-refractivity contribution in [1.29, 1.82) is 0 Å². The first-order valence-corrected chi connectivity index (χ1v) is 8.88. The molecule has 0 aromatic heterocycles. The molecule has 1 rings (SSSR count). The molecule has 1 aromatic carbocycles. The maximum absolute atomic E-state index is 3.53. The van der Waals surface area contributed by atoms with Crippen LogP contribution in [0, 0.1) is 0 Å². The van der Waals surface area contributed by atoms with Gasteiger partial charge in [-0.25, -0.2) is 0 Å². The zero-order chi connectivity index (χ0) is 15.0. The third-order valence-corrected chi connectivity index (χ3v) is 4.81. The van der Waals surface area contributed by atoms with Gasteiger partial charge in [0.2, 0.25) is 0 Å². The van der Waals surface area contributed by atoms with Gasteiger partial charge in [0, 0.05) is 30.3 Å². The molecule has 0 aliphatic carbocycles. The number of thioether (sulfide) groups is 1. The molecule has 0 amide bonds. The number of hydrogen-bond acceptors (Lipinski definition) is 3. The molecule has 0 spiro atoms. The lowest BCUT2D eigenvalue weighted by Crippen LogP contribution is -2.47. The van der Waals surface area contributed by atoms with Crippen LogP contribution >= 0.6 is 11.8 Å². The Morgan fingerprint density at radius 1 is 1.30 bits per heavy atom. The Morgan fingerprint density at radius 2 is 1.95 bits per heavy atom. The number of rotatable bonds is 9. The van der Waals surface area contributed by atoms with E-state index in [1.165, 1.54) is 11.3 Å². The van der Waals surface area contributed by atoms with E-state index in [9.17, 15) is 0 Å². The van der Waals surface area contributed by atoms with Crippen molar-refractivity contribution < 1.29 is 0 Å². The van der Waals surface area contributed by atoms with Crippen LogP contribution in [0.2, 0.25) is 0 Å². The molecule has 0 radical (unpaired) electrons. The normalized spacial score (nSPS) is 16.1. The van der Waals surface area contributed by atoms with E-state index >= 15 is 0 Å². The highest BCUT2D eigenvalue weighted by atomic mass is 32.2. The van der Waals surface area contributed by atoms with Gasteiger partial charge in [-0.2, -0.15) is 11.8 Å². The van der Waals surface area contributed by atoms with Gasteiger partial charge in [0.25, 0.3) is 0 Å². The molecule has 2 unspecified atom stereocenters. The molecule has 0 saturated carbocycles. The van der Waals surface area contributed by atoms with Crippen LogP contribution in [-0.4, -0.2) is 49.6 Å². The van der Waals surface area contributed by atoms with Crippen LogP contribution in [0.3, 0.4) is 0 Å². The summed E-state index contributed by atoms with van der Waals surface area (Å²) < 4.78 is 0. The third kappa shape index (κ3) is 5.12. The molecule has 3 heteroatoms. The van der Waals surface area contributed by atoms with Crippen LogP contribution in [0.1, 0.15) is 26.3 Å². The van der Waals surface area contributed by atoms with Crippen molar-refractivity contribution in [1.82, 2.24) is 10.2 Å². The third-order valence-electron chi connectivity index (χ3n) is 3.99. The second-order valence-corrected chi connectivity index (χ2v) is 6.84. The summed E-state index contributed by atoms with van der Waals surface area (Å²) in [4.78, 5) is 2.49. The average Bonchev–Trinajstić information content (AvgIpc) is 2.46. The summed E-state index contributed by atoms with van der Waals surface area (Å²) in [5.41, 5.74) is 1.57.